The van der Waals surface area contributed by atoms with Crippen LogP contribution in [0.5, 0.6) is 0 Å². The number of fused-ring (bicyclic) bond motifs is 1. The highest BCUT2D eigenvalue weighted by molar-refractivity contribution is 7.91. The molecular weight excluding hydrogens is 236 g/mol. The zero-order valence-corrected chi connectivity index (χ0v) is 10.8. The SMILES string of the molecule is CNCCNc1ccc2c(c1)CCCS2(=O)=O. The van der Waals surface area contributed by atoms with Gasteiger partial charge < -0.3 is 10.6 Å². The van der Waals surface area contributed by atoms with E-state index in [2.05, 4.69) is 10.6 Å². The van der Waals surface area contributed by atoms with Gasteiger partial charge in [0.15, 0.2) is 9.84 Å². The van der Waals surface area contributed by atoms with Crippen LogP contribution in [0.3, 0.4) is 0 Å². The van der Waals surface area contributed by atoms with E-state index in [4.69, 9.17) is 0 Å². The molecule has 1 aromatic carbocycles. The first-order chi connectivity index (χ1) is 8.13. The molecule has 1 aliphatic rings. The summed E-state index contributed by atoms with van der Waals surface area (Å²) in [4.78, 5) is 0.517. The van der Waals surface area contributed by atoms with Crippen molar-refractivity contribution in [2.45, 2.75) is 17.7 Å². The summed E-state index contributed by atoms with van der Waals surface area (Å²) in [5, 5.41) is 6.32. The Labute approximate surface area is 102 Å². The lowest BCUT2D eigenvalue weighted by Crippen LogP contribution is -2.19. The van der Waals surface area contributed by atoms with Crippen LogP contribution in [0.25, 0.3) is 0 Å². The molecule has 0 fully saturated rings. The first-order valence-electron chi connectivity index (χ1n) is 5.87. The minimum atomic E-state index is -3.02. The molecule has 1 aromatic rings. The zero-order valence-electron chi connectivity index (χ0n) is 9.99. The van der Waals surface area contributed by atoms with Crippen LogP contribution in [-0.2, 0) is 16.3 Å². The molecule has 2 N–H and O–H groups in total. The number of nitrogens with one attached hydrogen (secondary N) is 2. The topological polar surface area (TPSA) is 58.2 Å². The molecule has 5 heteroatoms. The van der Waals surface area contributed by atoms with Crippen LogP contribution in [0.15, 0.2) is 23.1 Å². The van der Waals surface area contributed by atoms with Crippen molar-refractivity contribution in [2.24, 2.45) is 0 Å². The largest absolute Gasteiger partial charge is 0.384 e. The molecule has 2 rings (SSSR count). The molecule has 0 amide bonds. The number of hydrogen-bond acceptors (Lipinski definition) is 4. The number of aryl methyl sites for hydroxylation is 1. The Morgan fingerprint density at radius 3 is 2.88 bits per heavy atom. The van der Waals surface area contributed by atoms with Crippen molar-refractivity contribution in [1.29, 1.82) is 0 Å². The fourth-order valence-electron chi connectivity index (χ4n) is 2.08. The predicted molar refractivity (Wildman–Crippen MR) is 69.2 cm³/mol. The van der Waals surface area contributed by atoms with E-state index in [9.17, 15) is 8.42 Å². The number of rotatable bonds is 4. The van der Waals surface area contributed by atoms with E-state index < -0.39 is 9.84 Å². The van der Waals surface area contributed by atoms with Gasteiger partial charge in [0.05, 0.1) is 10.6 Å². The van der Waals surface area contributed by atoms with Gasteiger partial charge in [-0.1, -0.05) is 0 Å². The number of sulfone groups is 1. The normalized spacial score (nSPS) is 17.5. The average Bonchev–Trinajstić information content (AvgIpc) is 2.29. The van der Waals surface area contributed by atoms with Gasteiger partial charge in [0.2, 0.25) is 0 Å². The smallest absolute Gasteiger partial charge is 0.178 e. The summed E-state index contributed by atoms with van der Waals surface area (Å²) in [6, 6.07) is 5.53. The first kappa shape index (κ1) is 12.4. The Bertz CT molecular complexity index is 497. The van der Waals surface area contributed by atoms with Crippen molar-refractivity contribution in [2.75, 3.05) is 31.2 Å². The Morgan fingerprint density at radius 2 is 2.12 bits per heavy atom. The average molecular weight is 254 g/mol. The van der Waals surface area contributed by atoms with E-state index in [0.29, 0.717) is 4.90 Å². The Balaban J connectivity index is 2.20. The summed E-state index contributed by atoms with van der Waals surface area (Å²) in [7, 11) is -1.12. The fraction of sp³-hybridized carbons (Fsp3) is 0.500. The van der Waals surface area contributed by atoms with Crippen molar-refractivity contribution in [3.63, 3.8) is 0 Å². The molecule has 0 radical (unpaired) electrons. The van der Waals surface area contributed by atoms with Gasteiger partial charge in [0.1, 0.15) is 0 Å². The number of likely N-dealkylation sites (N-methyl/N-ethyl adjacent to an activating group) is 1. The molecule has 1 heterocycles. The monoisotopic (exact) mass is 254 g/mol. The molecule has 0 unspecified atom stereocenters. The van der Waals surface area contributed by atoms with Gasteiger partial charge in [-0.2, -0.15) is 0 Å². The van der Waals surface area contributed by atoms with Crippen molar-refractivity contribution in [3.05, 3.63) is 23.8 Å². The van der Waals surface area contributed by atoms with Gasteiger partial charge >= 0.3 is 0 Å². The van der Waals surface area contributed by atoms with Crippen LogP contribution in [-0.4, -0.2) is 34.3 Å². The summed E-state index contributed by atoms with van der Waals surface area (Å²) >= 11 is 0. The molecule has 0 spiro atoms. The molecule has 0 saturated carbocycles. The lowest BCUT2D eigenvalue weighted by atomic mass is 10.1. The molecule has 4 nitrogen and oxygen atoms in total. The Morgan fingerprint density at radius 1 is 1.29 bits per heavy atom. The van der Waals surface area contributed by atoms with Crippen LogP contribution in [0, 0.1) is 0 Å². The third kappa shape index (κ3) is 2.79. The summed E-state index contributed by atoms with van der Waals surface area (Å²) < 4.78 is 23.6. The van der Waals surface area contributed by atoms with E-state index in [0.717, 1.165) is 37.2 Å². The quantitative estimate of drug-likeness (QED) is 0.788. The second-order valence-electron chi connectivity index (χ2n) is 4.28. The van der Waals surface area contributed by atoms with E-state index in [1.807, 2.05) is 19.2 Å². The molecule has 0 atom stereocenters. The van der Waals surface area contributed by atoms with Crippen molar-refractivity contribution >= 4 is 15.5 Å². The van der Waals surface area contributed by atoms with E-state index in [1.54, 1.807) is 6.07 Å². The third-order valence-corrected chi connectivity index (χ3v) is 4.85. The first-order valence-corrected chi connectivity index (χ1v) is 7.53. The second kappa shape index (κ2) is 5.06. The summed E-state index contributed by atoms with van der Waals surface area (Å²) in [6.45, 7) is 1.72. The lowest BCUT2D eigenvalue weighted by molar-refractivity contribution is 0.586. The maximum atomic E-state index is 11.8. The third-order valence-electron chi connectivity index (χ3n) is 2.96. The van der Waals surface area contributed by atoms with Crippen molar-refractivity contribution in [1.82, 2.24) is 5.32 Å². The summed E-state index contributed by atoms with van der Waals surface area (Å²) in [5.41, 5.74) is 1.95. The standard InChI is InChI=1S/C12H18N2O2S/c1-13-6-7-14-11-4-5-12-10(9-11)3-2-8-17(12,15)16/h4-5,9,13-14H,2-3,6-8H2,1H3. The number of benzene rings is 1. The molecular formula is C12H18N2O2S. The van der Waals surface area contributed by atoms with Crippen LogP contribution in [0.4, 0.5) is 5.69 Å². The Hall–Kier alpha value is -1.07. The molecule has 1 aliphatic heterocycles. The van der Waals surface area contributed by atoms with Gasteiger partial charge in [0, 0.05) is 18.8 Å². The van der Waals surface area contributed by atoms with E-state index >= 15 is 0 Å². The maximum Gasteiger partial charge on any atom is 0.178 e. The molecule has 94 valence electrons. The highest BCUT2D eigenvalue weighted by atomic mass is 32.2. The van der Waals surface area contributed by atoms with Crippen LogP contribution >= 0.6 is 0 Å². The Kier molecular flexibility index (Phi) is 3.69. The number of hydrogen-bond donors (Lipinski definition) is 2. The maximum absolute atomic E-state index is 11.8. The van der Waals surface area contributed by atoms with Gasteiger partial charge in [-0.25, -0.2) is 8.42 Å². The minimum absolute atomic E-state index is 0.284. The van der Waals surface area contributed by atoms with Crippen molar-refractivity contribution < 1.29 is 8.42 Å². The number of anilines is 1. The highest BCUT2D eigenvalue weighted by Gasteiger charge is 2.23. The van der Waals surface area contributed by atoms with Gasteiger partial charge in [0.25, 0.3) is 0 Å². The second-order valence-corrected chi connectivity index (χ2v) is 6.35. The van der Waals surface area contributed by atoms with E-state index in [1.165, 1.54) is 0 Å². The van der Waals surface area contributed by atoms with Crippen LogP contribution < -0.4 is 10.6 Å². The molecule has 0 aromatic heterocycles. The lowest BCUT2D eigenvalue weighted by Gasteiger charge is -2.17. The van der Waals surface area contributed by atoms with Gasteiger partial charge in [-0.05, 0) is 43.7 Å². The van der Waals surface area contributed by atoms with Crippen molar-refractivity contribution in [3.8, 4) is 0 Å². The van der Waals surface area contributed by atoms with Crippen LogP contribution in [0.1, 0.15) is 12.0 Å². The van der Waals surface area contributed by atoms with E-state index in [-0.39, 0.29) is 5.75 Å². The molecule has 0 aliphatic carbocycles. The van der Waals surface area contributed by atoms with Crippen LogP contribution in [0.2, 0.25) is 0 Å². The predicted octanol–water partition coefficient (Wildman–Crippen LogP) is 1.04. The molecule has 17 heavy (non-hydrogen) atoms. The summed E-state index contributed by atoms with van der Waals surface area (Å²) in [6.07, 6.45) is 1.59. The highest BCUT2D eigenvalue weighted by Crippen LogP contribution is 2.27. The fourth-order valence-corrected chi connectivity index (χ4v) is 3.66. The van der Waals surface area contributed by atoms with Gasteiger partial charge in [-0.15, -0.1) is 0 Å². The summed E-state index contributed by atoms with van der Waals surface area (Å²) in [5.74, 6) is 0.284. The zero-order chi connectivity index (χ0) is 12.3. The molecule has 0 saturated heterocycles. The van der Waals surface area contributed by atoms with Gasteiger partial charge in [-0.3, -0.25) is 0 Å². The minimum Gasteiger partial charge on any atom is -0.384 e. The molecule has 0 bridgehead atoms.